The monoisotopic (exact) mass is 260 g/mol. The van der Waals surface area contributed by atoms with Gasteiger partial charge in [0.05, 0.1) is 6.10 Å². The van der Waals surface area contributed by atoms with E-state index in [4.69, 9.17) is 0 Å². The molecule has 0 radical (unpaired) electrons. The Balaban J connectivity index is 2.13. The van der Waals surface area contributed by atoms with E-state index in [1.807, 2.05) is 0 Å². The van der Waals surface area contributed by atoms with Crippen LogP contribution in [0.1, 0.15) is 63.9 Å². The Morgan fingerprint density at radius 2 is 1.79 bits per heavy atom. The molecule has 0 spiro atoms. The highest BCUT2D eigenvalue weighted by Crippen LogP contribution is 2.39. The van der Waals surface area contributed by atoms with Crippen molar-refractivity contribution in [2.45, 2.75) is 64.4 Å². The summed E-state index contributed by atoms with van der Waals surface area (Å²) in [6, 6.07) is 10.6. The van der Waals surface area contributed by atoms with E-state index in [1.165, 1.54) is 37.7 Å². The summed E-state index contributed by atoms with van der Waals surface area (Å²) in [6.45, 7) is 4.48. The molecule has 1 heteroatoms. The minimum atomic E-state index is -0.169. The van der Waals surface area contributed by atoms with Crippen LogP contribution < -0.4 is 0 Å². The van der Waals surface area contributed by atoms with Crippen molar-refractivity contribution in [2.75, 3.05) is 0 Å². The van der Waals surface area contributed by atoms with E-state index < -0.39 is 0 Å². The molecule has 1 fully saturated rings. The largest absolute Gasteiger partial charge is 0.392 e. The second-order valence-corrected chi connectivity index (χ2v) is 6.03. The van der Waals surface area contributed by atoms with E-state index in [9.17, 15) is 5.11 Å². The van der Waals surface area contributed by atoms with Crippen molar-refractivity contribution in [3.63, 3.8) is 0 Å². The average molecular weight is 260 g/mol. The molecule has 1 nitrogen and oxygen atoms in total. The third kappa shape index (κ3) is 3.39. The van der Waals surface area contributed by atoms with E-state index in [-0.39, 0.29) is 6.10 Å². The van der Waals surface area contributed by atoms with Gasteiger partial charge in [-0.15, -0.1) is 0 Å². The van der Waals surface area contributed by atoms with E-state index in [1.54, 1.807) is 0 Å². The smallest absolute Gasteiger partial charge is 0.0639 e. The highest BCUT2D eigenvalue weighted by atomic mass is 16.3. The van der Waals surface area contributed by atoms with Crippen LogP contribution in [0.3, 0.4) is 0 Å². The predicted molar refractivity (Wildman–Crippen MR) is 81.2 cm³/mol. The van der Waals surface area contributed by atoms with Gasteiger partial charge in [0, 0.05) is 5.92 Å². The molecule has 4 unspecified atom stereocenters. The van der Waals surface area contributed by atoms with Crippen molar-refractivity contribution in [3.8, 4) is 0 Å². The SMILES string of the molecule is CCC1CCCCC1C(O)C(CC)c1ccccc1. The molecule has 0 heterocycles. The van der Waals surface area contributed by atoms with Crippen LogP contribution in [0.4, 0.5) is 0 Å². The van der Waals surface area contributed by atoms with E-state index in [2.05, 4.69) is 44.2 Å². The maximum Gasteiger partial charge on any atom is 0.0639 e. The Bertz CT molecular complexity index is 359. The molecule has 1 aliphatic carbocycles. The molecule has 0 amide bonds. The Morgan fingerprint density at radius 3 is 2.42 bits per heavy atom. The van der Waals surface area contributed by atoms with Crippen molar-refractivity contribution >= 4 is 0 Å². The van der Waals surface area contributed by atoms with Crippen molar-refractivity contribution in [3.05, 3.63) is 35.9 Å². The first kappa shape index (κ1) is 14.6. The summed E-state index contributed by atoms with van der Waals surface area (Å²) in [5.74, 6) is 1.53. The molecule has 106 valence electrons. The van der Waals surface area contributed by atoms with Gasteiger partial charge in [0.1, 0.15) is 0 Å². The fourth-order valence-corrected chi connectivity index (χ4v) is 3.87. The predicted octanol–water partition coefficient (Wildman–Crippen LogP) is 4.76. The van der Waals surface area contributed by atoms with Crippen molar-refractivity contribution in [2.24, 2.45) is 11.8 Å². The summed E-state index contributed by atoms with van der Waals surface area (Å²) < 4.78 is 0. The van der Waals surface area contributed by atoms with Crippen LogP contribution in [0.25, 0.3) is 0 Å². The normalized spacial score (nSPS) is 26.9. The zero-order valence-electron chi connectivity index (χ0n) is 12.4. The van der Waals surface area contributed by atoms with Gasteiger partial charge in [0.2, 0.25) is 0 Å². The number of hydrogen-bond acceptors (Lipinski definition) is 1. The molecule has 4 atom stereocenters. The lowest BCUT2D eigenvalue weighted by atomic mass is 9.70. The first-order chi connectivity index (χ1) is 9.27. The second kappa shape index (κ2) is 7.09. The molecular formula is C18H28O. The lowest BCUT2D eigenvalue weighted by Crippen LogP contribution is -2.34. The average Bonchev–Trinajstić information content (AvgIpc) is 2.49. The van der Waals surface area contributed by atoms with Gasteiger partial charge >= 0.3 is 0 Å². The topological polar surface area (TPSA) is 20.2 Å². The van der Waals surface area contributed by atoms with Gasteiger partial charge in [-0.3, -0.25) is 0 Å². The quantitative estimate of drug-likeness (QED) is 0.809. The molecule has 1 aliphatic rings. The maximum atomic E-state index is 10.9. The van der Waals surface area contributed by atoms with Crippen molar-refractivity contribution in [1.29, 1.82) is 0 Å². The molecular weight excluding hydrogens is 232 g/mol. The highest BCUT2D eigenvalue weighted by Gasteiger charge is 2.34. The van der Waals surface area contributed by atoms with Crippen LogP contribution in [-0.2, 0) is 0 Å². The molecule has 0 aromatic heterocycles. The van der Waals surface area contributed by atoms with Gasteiger partial charge in [0.15, 0.2) is 0 Å². The van der Waals surface area contributed by atoms with Gasteiger partial charge in [-0.1, -0.05) is 69.9 Å². The van der Waals surface area contributed by atoms with Crippen LogP contribution in [0.2, 0.25) is 0 Å². The van der Waals surface area contributed by atoms with Crippen LogP contribution in [0.5, 0.6) is 0 Å². The maximum absolute atomic E-state index is 10.9. The highest BCUT2D eigenvalue weighted by molar-refractivity contribution is 5.21. The molecule has 0 bridgehead atoms. The summed E-state index contributed by atoms with van der Waals surface area (Å²) in [5, 5.41) is 10.9. The fourth-order valence-electron chi connectivity index (χ4n) is 3.87. The summed E-state index contributed by atoms with van der Waals surface area (Å²) in [5.41, 5.74) is 1.30. The Labute approximate surface area is 118 Å². The molecule has 1 N–H and O–H groups in total. The Hall–Kier alpha value is -0.820. The number of hydrogen-bond donors (Lipinski definition) is 1. The number of aliphatic hydroxyl groups excluding tert-OH is 1. The minimum Gasteiger partial charge on any atom is -0.392 e. The fraction of sp³-hybridized carbons (Fsp3) is 0.667. The molecule has 19 heavy (non-hydrogen) atoms. The third-order valence-corrected chi connectivity index (χ3v) is 5.01. The van der Waals surface area contributed by atoms with Gasteiger partial charge in [-0.2, -0.15) is 0 Å². The van der Waals surface area contributed by atoms with Crippen molar-refractivity contribution < 1.29 is 5.11 Å². The van der Waals surface area contributed by atoms with Gasteiger partial charge in [0.25, 0.3) is 0 Å². The number of aliphatic hydroxyl groups is 1. The summed E-state index contributed by atoms with van der Waals surface area (Å²) in [7, 11) is 0. The summed E-state index contributed by atoms with van der Waals surface area (Å²) in [6.07, 6.45) is 7.24. The van der Waals surface area contributed by atoms with E-state index >= 15 is 0 Å². The third-order valence-electron chi connectivity index (χ3n) is 5.01. The van der Waals surface area contributed by atoms with Gasteiger partial charge < -0.3 is 5.11 Å². The molecule has 1 aromatic rings. The zero-order chi connectivity index (χ0) is 13.7. The van der Waals surface area contributed by atoms with Gasteiger partial charge in [-0.25, -0.2) is 0 Å². The molecule has 1 aromatic carbocycles. The first-order valence-corrected chi connectivity index (χ1v) is 8.00. The Morgan fingerprint density at radius 1 is 1.11 bits per heavy atom. The van der Waals surface area contributed by atoms with Crippen LogP contribution in [0, 0.1) is 11.8 Å². The van der Waals surface area contributed by atoms with Crippen LogP contribution in [0.15, 0.2) is 30.3 Å². The Kier molecular flexibility index (Phi) is 5.45. The first-order valence-electron chi connectivity index (χ1n) is 8.00. The standard InChI is InChI=1S/C18H28O/c1-3-14-10-8-9-13-17(14)18(19)16(4-2)15-11-6-5-7-12-15/h5-7,11-12,14,16-19H,3-4,8-10,13H2,1-2H3. The zero-order valence-corrected chi connectivity index (χ0v) is 12.4. The molecule has 0 aliphatic heterocycles. The van der Waals surface area contributed by atoms with E-state index in [0.717, 1.165) is 12.3 Å². The van der Waals surface area contributed by atoms with Gasteiger partial charge in [-0.05, 0) is 30.2 Å². The lowest BCUT2D eigenvalue weighted by molar-refractivity contribution is 0.0250. The van der Waals surface area contributed by atoms with Crippen molar-refractivity contribution in [1.82, 2.24) is 0 Å². The molecule has 0 saturated heterocycles. The number of benzene rings is 1. The minimum absolute atomic E-state index is 0.169. The van der Waals surface area contributed by atoms with Crippen LogP contribution in [-0.4, -0.2) is 11.2 Å². The lowest BCUT2D eigenvalue weighted by Gasteiger charge is -2.38. The number of rotatable bonds is 5. The molecule has 1 saturated carbocycles. The summed E-state index contributed by atoms with van der Waals surface area (Å²) >= 11 is 0. The van der Waals surface area contributed by atoms with Crippen LogP contribution >= 0.6 is 0 Å². The summed E-state index contributed by atoms with van der Waals surface area (Å²) in [4.78, 5) is 0. The van der Waals surface area contributed by atoms with E-state index in [0.29, 0.717) is 11.8 Å². The molecule has 2 rings (SSSR count). The second-order valence-electron chi connectivity index (χ2n) is 6.03.